The molecule has 0 saturated heterocycles. The van der Waals surface area contributed by atoms with Gasteiger partial charge in [-0.3, -0.25) is 4.79 Å². The van der Waals surface area contributed by atoms with E-state index in [0.717, 1.165) is 12.1 Å². The summed E-state index contributed by atoms with van der Waals surface area (Å²) in [7, 11) is -3.65. The molecule has 26 heavy (non-hydrogen) atoms. The molecular formula is C15H12F3N3O4S. The highest BCUT2D eigenvalue weighted by Crippen LogP contribution is 2.25. The second kappa shape index (κ2) is 6.48. The predicted octanol–water partition coefficient (Wildman–Crippen LogP) is 2.02. The van der Waals surface area contributed by atoms with Crippen molar-refractivity contribution in [3.63, 3.8) is 0 Å². The minimum absolute atomic E-state index is 0.00766. The van der Waals surface area contributed by atoms with E-state index in [1.807, 2.05) is 0 Å². The van der Waals surface area contributed by atoms with E-state index >= 15 is 0 Å². The molecule has 2 aliphatic heterocycles. The fourth-order valence-corrected chi connectivity index (χ4v) is 3.32. The maximum absolute atomic E-state index is 12.4. The van der Waals surface area contributed by atoms with Crippen molar-refractivity contribution in [1.29, 1.82) is 0 Å². The summed E-state index contributed by atoms with van der Waals surface area (Å²) in [5.74, 6) is -1.21. The van der Waals surface area contributed by atoms with Crippen molar-refractivity contribution in [2.45, 2.75) is 6.36 Å². The van der Waals surface area contributed by atoms with Crippen molar-refractivity contribution >= 4 is 27.5 Å². The smallest absolute Gasteiger partial charge is 0.406 e. The van der Waals surface area contributed by atoms with Gasteiger partial charge in [0.05, 0.1) is 11.3 Å². The second-order valence-corrected chi connectivity index (χ2v) is 7.10. The van der Waals surface area contributed by atoms with E-state index in [2.05, 4.69) is 14.5 Å². The molecule has 1 N–H and O–H groups in total. The lowest BCUT2D eigenvalue weighted by Crippen LogP contribution is -2.40. The van der Waals surface area contributed by atoms with Crippen LogP contribution in [0, 0.1) is 0 Å². The third-order valence-electron chi connectivity index (χ3n) is 3.45. The monoisotopic (exact) mass is 387 g/mol. The number of hydrogen-bond acceptors (Lipinski definition) is 5. The first kappa shape index (κ1) is 18.0. The lowest BCUT2D eigenvalue weighted by Gasteiger charge is -2.28. The van der Waals surface area contributed by atoms with Gasteiger partial charge in [-0.15, -0.1) is 17.6 Å². The van der Waals surface area contributed by atoms with Crippen LogP contribution >= 0.6 is 0 Å². The molecule has 138 valence electrons. The van der Waals surface area contributed by atoms with E-state index in [0.29, 0.717) is 0 Å². The molecule has 0 atom stereocenters. The Labute approximate surface area is 146 Å². The molecule has 0 aromatic heterocycles. The van der Waals surface area contributed by atoms with Crippen LogP contribution in [0.3, 0.4) is 0 Å². The Balaban J connectivity index is 1.76. The number of alkyl halides is 3. The van der Waals surface area contributed by atoms with Crippen LogP contribution in [-0.2, 0) is 14.8 Å². The second-order valence-electron chi connectivity index (χ2n) is 5.34. The quantitative estimate of drug-likeness (QED) is 0.857. The molecular weight excluding hydrogens is 375 g/mol. The Hall–Kier alpha value is -2.82. The number of halogens is 3. The number of ether oxygens (including phenoxy) is 1. The number of carbonyl (C=O) groups excluding carboxylic acids is 1. The van der Waals surface area contributed by atoms with Crippen LogP contribution in [0.1, 0.15) is 0 Å². The van der Waals surface area contributed by atoms with Crippen LogP contribution < -0.4 is 10.1 Å². The lowest BCUT2D eigenvalue weighted by molar-refractivity contribution is -0.274. The molecule has 0 bridgehead atoms. The number of nitrogens with one attached hydrogen (secondary N) is 1. The van der Waals surface area contributed by atoms with Gasteiger partial charge in [0.25, 0.3) is 15.9 Å². The van der Waals surface area contributed by atoms with Crippen LogP contribution in [0.15, 0.2) is 52.6 Å². The van der Waals surface area contributed by atoms with Gasteiger partial charge in [0, 0.05) is 18.4 Å². The number of nitrogens with zero attached hydrogens (tertiary/aromatic N) is 2. The Morgan fingerprint density at radius 1 is 1.23 bits per heavy atom. The average Bonchev–Trinajstić information content (AvgIpc) is 2.54. The molecule has 7 nitrogen and oxygen atoms in total. The summed E-state index contributed by atoms with van der Waals surface area (Å²) in [6.45, 7) is 0.172. The standard InChI is InChI=1S/C15H12F3N3O4S/c16-15(17,18)25-11-5-3-10(4-6-11)19-14(22)12-2-1-7-21-8-9-26(23,24)20-13(12)21/h1-7H,8-9H2,(H,19,22). The van der Waals surface area contributed by atoms with Gasteiger partial charge in [0.15, 0.2) is 5.84 Å². The molecule has 1 amide bonds. The molecule has 0 aliphatic carbocycles. The highest BCUT2D eigenvalue weighted by Gasteiger charge is 2.31. The molecule has 3 rings (SSSR count). The summed E-state index contributed by atoms with van der Waals surface area (Å²) in [5.41, 5.74) is 0.247. The van der Waals surface area contributed by atoms with Gasteiger partial charge < -0.3 is 15.0 Å². The van der Waals surface area contributed by atoms with Crippen LogP contribution in [0.5, 0.6) is 5.75 Å². The van der Waals surface area contributed by atoms with Gasteiger partial charge in [0.2, 0.25) is 0 Å². The van der Waals surface area contributed by atoms with Crippen molar-refractivity contribution in [3.8, 4) is 5.75 Å². The summed E-state index contributed by atoms with van der Waals surface area (Å²) in [5, 5.41) is 2.48. The van der Waals surface area contributed by atoms with Crippen LogP contribution in [-0.4, -0.2) is 43.7 Å². The van der Waals surface area contributed by atoms with Crippen molar-refractivity contribution in [2.75, 3.05) is 17.6 Å². The summed E-state index contributed by atoms with van der Waals surface area (Å²) in [6, 6.07) is 4.56. The van der Waals surface area contributed by atoms with Crippen LogP contribution in [0.25, 0.3) is 0 Å². The van der Waals surface area contributed by atoms with E-state index in [9.17, 15) is 26.4 Å². The molecule has 2 heterocycles. The largest absolute Gasteiger partial charge is 0.573 e. The van der Waals surface area contributed by atoms with Crippen molar-refractivity contribution < 1.29 is 31.1 Å². The topological polar surface area (TPSA) is 88.1 Å². The molecule has 0 spiro atoms. The normalized spacial score (nSPS) is 18.5. The van der Waals surface area contributed by atoms with Gasteiger partial charge in [-0.25, -0.2) is 8.42 Å². The third kappa shape index (κ3) is 4.23. The first-order valence-corrected chi connectivity index (χ1v) is 8.89. The highest BCUT2D eigenvalue weighted by molar-refractivity contribution is 7.90. The molecule has 0 radical (unpaired) electrons. The predicted molar refractivity (Wildman–Crippen MR) is 86.9 cm³/mol. The Morgan fingerprint density at radius 3 is 2.58 bits per heavy atom. The number of rotatable bonds is 3. The number of carbonyl (C=O) groups is 1. The minimum atomic E-state index is -4.81. The first-order chi connectivity index (χ1) is 12.1. The van der Waals surface area contributed by atoms with Crippen molar-refractivity contribution in [3.05, 3.63) is 48.2 Å². The maximum atomic E-state index is 12.4. The Morgan fingerprint density at radius 2 is 1.92 bits per heavy atom. The molecule has 0 fully saturated rings. The lowest BCUT2D eigenvalue weighted by atomic mass is 10.1. The SMILES string of the molecule is O=C(Nc1ccc(OC(F)(F)F)cc1)C1=CC=CN2CCS(=O)(=O)N=C12. The van der Waals surface area contributed by atoms with Gasteiger partial charge in [0.1, 0.15) is 5.75 Å². The summed E-state index contributed by atoms with van der Waals surface area (Å²) >= 11 is 0. The van der Waals surface area contributed by atoms with E-state index in [1.54, 1.807) is 12.3 Å². The zero-order chi connectivity index (χ0) is 18.9. The molecule has 2 aliphatic rings. The number of amides is 1. The number of amidine groups is 1. The number of hydrogen-bond donors (Lipinski definition) is 1. The first-order valence-electron chi connectivity index (χ1n) is 7.28. The number of sulfonamides is 1. The summed E-state index contributed by atoms with van der Waals surface area (Å²) in [6.07, 6.45) is -0.218. The Kier molecular flexibility index (Phi) is 4.48. The van der Waals surface area contributed by atoms with Gasteiger partial charge in [-0.2, -0.15) is 0 Å². The fourth-order valence-electron chi connectivity index (χ4n) is 2.33. The zero-order valence-electron chi connectivity index (χ0n) is 13.0. The minimum Gasteiger partial charge on any atom is -0.406 e. The van der Waals surface area contributed by atoms with Crippen molar-refractivity contribution in [2.24, 2.45) is 4.40 Å². The number of benzene rings is 1. The number of fused-ring (bicyclic) bond motifs is 1. The summed E-state index contributed by atoms with van der Waals surface area (Å²) < 4.78 is 67.2. The molecule has 1 aromatic carbocycles. The molecule has 1 aromatic rings. The Bertz CT molecular complexity index is 918. The van der Waals surface area contributed by atoms with Crippen molar-refractivity contribution in [1.82, 2.24) is 4.90 Å². The van der Waals surface area contributed by atoms with Crippen LogP contribution in [0.4, 0.5) is 18.9 Å². The highest BCUT2D eigenvalue weighted by atomic mass is 32.2. The average molecular weight is 387 g/mol. The number of anilines is 1. The molecule has 11 heteroatoms. The summed E-state index contributed by atoms with van der Waals surface area (Å²) in [4.78, 5) is 14.0. The van der Waals surface area contributed by atoms with Gasteiger partial charge in [-0.05, 0) is 36.4 Å². The van der Waals surface area contributed by atoms with E-state index < -0.39 is 28.0 Å². The molecule has 0 saturated carbocycles. The number of allylic oxidation sites excluding steroid dienone is 2. The van der Waals surface area contributed by atoms with E-state index in [4.69, 9.17) is 0 Å². The van der Waals surface area contributed by atoms with Crippen LogP contribution in [0.2, 0.25) is 0 Å². The fraction of sp³-hybridized carbons (Fsp3) is 0.200. The van der Waals surface area contributed by atoms with Gasteiger partial charge in [-0.1, -0.05) is 0 Å². The zero-order valence-corrected chi connectivity index (χ0v) is 13.8. The van der Waals surface area contributed by atoms with Gasteiger partial charge >= 0.3 is 6.36 Å². The maximum Gasteiger partial charge on any atom is 0.573 e. The van der Waals surface area contributed by atoms with E-state index in [-0.39, 0.29) is 29.4 Å². The molecule has 0 unspecified atom stereocenters. The third-order valence-corrected chi connectivity index (χ3v) is 4.60. The van der Waals surface area contributed by atoms with E-state index in [1.165, 1.54) is 23.1 Å².